The van der Waals surface area contributed by atoms with Gasteiger partial charge in [0.15, 0.2) is 5.82 Å². The highest BCUT2D eigenvalue weighted by molar-refractivity contribution is 5.79. The second-order valence-corrected chi connectivity index (χ2v) is 10.1. The van der Waals surface area contributed by atoms with Gasteiger partial charge in [-0.05, 0) is 25.3 Å². The maximum atomic E-state index is 13.9. The number of nitrogens with zero attached hydrogens (tertiary/aromatic N) is 4. The fraction of sp³-hybridized carbons (Fsp3) is 0.577. The number of aliphatic carboxylic acids is 1. The van der Waals surface area contributed by atoms with Crippen LogP contribution >= 0.6 is 0 Å². The number of likely N-dealkylation sites (tertiary alicyclic amines) is 1. The first-order valence-electron chi connectivity index (χ1n) is 12.8. The third-order valence-electron chi connectivity index (χ3n) is 7.29. The normalized spacial score (nSPS) is 21.9. The summed E-state index contributed by atoms with van der Waals surface area (Å²) in [7, 11) is 0. The molecule has 2 heterocycles. The van der Waals surface area contributed by atoms with E-state index in [1.165, 1.54) is 28.9 Å². The Balaban J connectivity index is 1.68. The van der Waals surface area contributed by atoms with Gasteiger partial charge in [0.2, 0.25) is 6.41 Å². The fourth-order valence-electron chi connectivity index (χ4n) is 5.53. The molecule has 208 valence electrons. The first-order valence-corrected chi connectivity index (χ1v) is 12.8. The number of carboxylic acids is 1. The minimum Gasteiger partial charge on any atom is -0.481 e. The number of piperidine rings is 1. The molecule has 0 radical (unpaired) electrons. The number of alkyl halides is 5. The van der Waals surface area contributed by atoms with Crippen molar-refractivity contribution in [2.24, 2.45) is 0 Å². The molecule has 0 bridgehead atoms. The molecule has 1 N–H and O–H groups in total. The van der Waals surface area contributed by atoms with E-state index in [9.17, 15) is 36.6 Å². The maximum Gasteiger partial charge on any atom is 0.417 e. The number of carboxylic acid groups (broad SMARTS) is 1. The Hall–Kier alpha value is -3.02. The lowest BCUT2D eigenvalue weighted by atomic mass is 10.0. The van der Waals surface area contributed by atoms with Crippen LogP contribution < -0.4 is 4.90 Å². The van der Waals surface area contributed by atoms with Crippen LogP contribution in [0.15, 0.2) is 30.3 Å². The fourth-order valence-corrected chi connectivity index (χ4v) is 5.53. The van der Waals surface area contributed by atoms with Crippen molar-refractivity contribution in [1.82, 2.24) is 14.7 Å². The zero-order valence-electron chi connectivity index (χ0n) is 20.8. The van der Waals surface area contributed by atoms with Crippen LogP contribution in [0.3, 0.4) is 0 Å². The number of hydrogen-bond acceptors (Lipinski definition) is 4. The molecule has 1 saturated carbocycles. The van der Waals surface area contributed by atoms with Gasteiger partial charge in [-0.25, -0.2) is 8.78 Å². The third-order valence-corrected chi connectivity index (χ3v) is 7.29. The quantitative estimate of drug-likeness (QED) is 0.327. The summed E-state index contributed by atoms with van der Waals surface area (Å²) in [5, 5.41) is 14.0. The Morgan fingerprint density at radius 3 is 2.42 bits per heavy atom. The van der Waals surface area contributed by atoms with Gasteiger partial charge < -0.3 is 5.11 Å². The van der Waals surface area contributed by atoms with Crippen LogP contribution in [0.1, 0.15) is 56.6 Å². The molecule has 7 nitrogen and oxygen atoms in total. The lowest BCUT2D eigenvalue weighted by Crippen LogP contribution is -2.45. The summed E-state index contributed by atoms with van der Waals surface area (Å²) in [4.78, 5) is 26.6. The van der Waals surface area contributed by atoms with Gasteiger partial charge >= 0.3 is 12.1 Å². The largest absolute Gasteiger partial charge is 0.481 e. The van der Waals surface area contributed by atoms with Crippen molar-refractivity contribution in [3.8, 4) is 11.3 Å². The minimum atomic E-state index is -4.62. The minimum absolute atomic E-state index is 0.00990. The first kappa shape index (κ1) is 28.0. The Kier molecular flexibility index (Phi) is 8.69. The van der Waals surface area contributed by atoms with Crippen molar-refractivity contribution >= 4 is 18.2 Å². The number of carbonyl (C=O) groups excluding carboxylic acids is 1. The average molecular weight is 543 g/mol. The lowest BCUT2D eigenvalue weighted by Gasteiger charge is -2.33. The topological polar surface area (TPSA) is 78.7 Å². The summed E-state index contributed by atoms with van der Waals surface area (Å²) in [6, 6.07) is 5.45. The Labute approximate surface area is 217 Å². The van der Waals surface area contributed by atoms with Gasteiger partial charge in [0.1, 0.15) is 12.3 Å². The van der Waals surface area contributed by atoms with Gasteiger partial charge in [0.25, 0.3) is 0 Å². The zero-order valence-corrected chi connectivity index (χ0v) is 20.8. The van der Waals surface area contributed by atoms with E-state index in [-0.39, 0.29) is 55.6 Å². The van der Waals surface area contributed by atoms with Gasteiger partial charge in [0.05, 0.1) is 23.7 Å². The standard InChI is InChI=1S/C26H31F5N4O3/c27-17-11-18(28)15-33(14-17)10-9-20(12-25(37)38)34(16-36)24-13-23(35(32-24)19-5-1-2-6-19)21-7-3-4-8-22(21)26(29,30)31/h3-4,7-8,13,16-20H,1-2,5-6,9-12,14-15H2,(H,37,38)/t17?,18?,20-/m0/s1. The molecule has 1 aromatic carbocycles. The van der Waals surface area contributed by atoms with E-state index in [1.807, 2.05) is 0 Å². The molecule has 2 aromatic rings. The van der Waals surface area contributed by atoms with E-state index in [4.69, 9.17) is 0 Å². The van der Waals surface area contributed by atoms with Crippen LogP contribution in [-0.2, 0) is 15.8 Å². The van der Waals surface area contributed by atoms with Gasteiger partial charge in [-0.15, -0.1) is 0 Å². The van der Waals surface area contributed by atoms with E-state index >= 15 is 0 Å². The predicted octanol–water partition coefficient (Wildman–Crippen LogP) is 5.26. The lowest BCUT2D eigenvalue weighted by molar-refractivity contribution is -0.138. The second kappa shape index (κ2) is 11.8. The molecule has 38 heavy (non-hydrogen) atoms. The van der Waals surface area contributed by atoms with Crippen LogP contribution in [0.25, 0.3) is 11.3 Å². The average Bonchev–Trinajstić information content (AvgIpc) is 3.52. The summed E-state index contributed by atoms with van der Waals surface area (Å²) in [5.41, 5.74) is -0.725. The SMILES string of the molecule is O=CN(c1cc(-c2ccccc2C(F)(F)F)n(C2CCCC2)n1)[C@@H](CCN1CC(F)CC(F)C1)CC(=O)O. The van der Waals surface area contributed by atoms with E-state index < -0.39 is 42.5 Å². The third kappa shape index (κ3) is 6.51. The molecule has 1 saturated heterocycles. The van der Waals surface area contributed by atoms with Gasteiger partial charge in [-0.1, -0.05) is 31.0 Å². The molecule has 1 aromatic heterocycles. The zero-order chi connectivity index (χ0) is 27.4. The Morgan fingerprint density at radius 2 is 1.82 bits per heavy atom. The number of amides is 1. The van der Waals surface area contributed by atoms with Crippen molar-refractivity contribution in [3.05, 3.63) is 35.9 Å². The van der Waals surface area contributed by atoms with Crippen molar-refractivity contribution < 1.29 is 36.6 Å². The molecule has 1 amide bonds. The van der Waals surface area contributed by atoms with Crippen LogP contribution in [0.4, 0.5) is 27.8 Å². The summed E-state index contributed by atoms with van der Waals surface area (Å²) < 4.78 is 70.8. The van der Waals surface area contributed by atoms with Crippen molar-refractivity contribution in [1.29, 1.82) is 0 Å². The summed E-state index contributed by atoms with van der Waals surface area (Å²) in [6.07, 6.45) is -4.22. The summed E-state index contributed by atoms with van der Waals surface area (Å²) >= 11 is 0. The van der Waals surface area contributed by atoms with Gasteiger partial charge in [-0.2, -0.15) is 18.3 Å². The van der Waals surface area contributed by atoms with E-state index in [2.05, 4.69) is 5.10 Å². The van der Waals surface area contributed by atoms with Crippen LogP contribution in [-0.4, -0.2) is 70.2 Å². The van der Waals surface area contributed by atoms with Crippen molar-refractivity contribution in [3.63, 3.8) is 0 Å². The Bertz CT molecular complexity index is 1110. The van der Waals surface area contributed by atoms with E-state index in [0.29, 0.717) is 19.3 Å². The number of benzene rings is 1. The Morgan fingerprint density at radius 1 is 1.16 bits per heavy atom. The van der Waals surface area contributed by atoms with E-state index in [1.54, 1.807) is 4.90 Å². The summed E-state index contributed by atoms with van der Waals surface area (Å²) in [5.74, 6) is -1.15. The van der Waals surface area contributed by atoms with Gasteiger partial charge in [0, 0.05) is 43.7 Å². The highest BCUT2D eigenvalue weighted by Crippen LogP contribution is 2.41. The molecule has 0 spiro atoms. The number of hydrogen-bond donors (Lipinski definition) is 1. The van der Waals surface area contributed by atoms with Crippen LogP contribution in [0.5, 0.6) is 0 Å². The molecule has 2 unspecified atom stereocenters. The van der Waals surface area contributed by atoms with Crippen LogP contribution in [0.2, 0.25) is 0 Å². The van der Waals surface area contributed by atoms with Gasteiger partial charge in [-0.3, -0.25) is 24.1 Å². The molecule has 4 rings (SSSR count). The first-order chi connectivity index (χ1) is 18.1. The molecule has 3 atom stereocenters. The monoisotopic (exact) mass is 542 g/mol. The molecule has 2 aliphatic rings. The van der Waals surface area contributed by atoms with Crippen molar-refractivity contribution in [2.45, 2.75) is 75.5 Å². The van der Waals surface area contributed by atoms with Crippen LogP contribution in [0, 0.1) is 0 Å². The number of aromatic nitrogens is 2. The molecular formula is C26H31F5N4O3. The smallest absolute Gasteiger partial charge is 0.417 e. The molecular weight excluding hydrogens is 511 g/mol. The molecule has 2 fully saturated rings. The molecule has 1 aliphatic carbocycles. The maximum absolute atomic E-state index is 13.9. The summed E-state index contributed by atoms with van der Waals surface area (Å²) in [6.45, 7) is 0.169. The number of anilines is 1. The van der Waals surface area contributed by atoms with E-state index in [0.717, 1.165) is 23.8 Å². The highest BCUT2D eigenvalue weighted by atomic mass is 19.4. The predicted molar refractivity (Wildman–Crippen MR) is 130 cm³/mol. The highest BCUT2D eigenvalue weighted by Gasteiger charge is 2.36. The number of rotatable bonds is 10. The van der Waals surface area contributed by atoms with Crippen molar-refractivity contribution in [2.75, 3.05) is 24.5 Å². The number of carbonyl (C=O) groups is 2. The number of halogens is 5. The molecule has 1 aliphatic heterocycles. The molecule has 12 heteroatoms. The second-order valence-electron chi connectivity index (χ2n) is 10.1.